The highest BCUT2D eigenvalue weighted by Gasteiger charge is 2.19. The molecule has 0 amide bonds. The van der Waals surface area contributed by atoms with Crippen LogP contribution in [-0.2, 0) is 9.47 Å². The van der Waals surface area contributed by atoms with Gasteiger partial charge in [0.05, 0.1) is 19.8 Å². The highest BCUT2D eigenvalue weighted by molar-refractivity contribution is 7.80. The average molecular weight is 381 g/mol. The van der Waals surface area contributed by atoms with E-state index >= 15 is 0 Å². The molecule has 0 aliphatic carbocycles. The van der Waals surface area contributed by atoms with Crippen LogP contribution in [0.1, 0.15) is 19.3 Å². The summed E-state index contributed by atoms with van der Waals surface area (Å²) in [6, 6.07) is 2.09. The number of rotatable bonds is 6. The number of morpholine rings is 1. The van der Waals surface area contributed by atoms with Gasteiger partial charge in [-0.3, -0.25) is 0 Å². The standard InChI is InChI=1S/C17H28N6O2S/c1-24-10-5-18-17(26)21-16-19-14(22-6-3-2-4-7-22)13-15(20-16)23-8-11-25-12-9-23/h13H,2-12H2,1H3,(H2,18,19,20,21,26). The lowest BCUT2D eigenvalue weighted by atomic mass is 10.1. The molecule has 0 radical (unpaired) electrons. The predicted molar refractivity (Wildman–Crippen MR) is 107 cm³/mol. The Balaban J connectivity index is 1.76. The Morgan fingerprint density at radius 2 is 1.77 bits per heavy atom. The summed E-state index contributed by atoms with van der Waals surface area (Å²) in [5.74, 6) is 2.42. The van der Waals surface area contributed by atoms with Crippen LogP contribution in [0.2, 0.25) is 0 Å². The molecule has 2 saturated heterocycles. The third-order valence-electron chi connectivity index (χ3n) is 4.53. The van der Waals surface area contributed by atoms with E-state index in [-0.39, 0.29) is 0 Å². The van der Waals surface area contributed by atoms with Gasteiger partial charge in [0.15, 0.2) is 5.11 Å². The van der Waals surface area contributed by atoms with Gasteiger partial charge in [0.25, 0.3) is 0 Å². The summed E-state index contributed by atoms with van der Waals surface area (Å²) in [4.78, 5) is 14.0. The second-order valence-electron chi connectivity index (χ2n) is 6.43. The molecule has 0 aromatic carbocycles. The largest absolute Gasteiger partial charge is 0.383 e. The molecule has 2 aliphatic rings. The zero-order valence-corrected chi connectivity index (χ0v) is 16.2. The summed E-state index contributed by atoms with van der Waals surface area (Å²) in [6.45, 7) is 6.44. The van der Waals surface area contributed by atoms with Crippen LogP contribution in [0.25, 0.3) is 0 Å². The van der Waals surface area contributed by atoms with Crippen molar-refractivity contribution in [3.05, 3.63) is 6.07 Å². The van der Waals surface area contributed by atoms with Crippen molar-refractivity contribution in [2.75, 3.05) is 74.8 Å². The Labute approximate surface area is 160 Å². The number of ether oxygens (including phenoxy) is 2. The van der Waals surface area contributed by atoms with Crippen LogP contribution in [0.5, 0.6) is 0 Å². The number of nitrogens with one attached hydrogen (secondary N) is 2. The Hall–Kier alpha value is -1.71. The molecule has 0 saturated carbocycles. The first-order valence-corrected chi connectivity index (χ1v) is 9.67. The van der Waals surface area contributed by atoms with E-state index in [1.54, 1.807) is 7.11 Å². The van der Waals surface area contributed by atoms with Crippen molar-refractivity contribution in [2.45, 2.75) is 19.3 Å². The number of hydrogen-bond donors (Lipinski definition) is 2. The molecule has 9 heteroatoms. The van der Waals surface area contributed by atoms with Crippen molar-refractivity contribution in [3.63, 3.8) is 0 Å². The van der Waals surface area contributed by atoms with Gasteiger partial charge < -0.3 is 29.9 Å². The summed E-state index contributed by atoms with van der Waals surface area (Å²) in [6.07, 6.45) is 3.70. The maximum atomic E-state index is 5.46. The van der Waals surface area contributed by atoms with Crippen LogP contribution >= 0.6 is 12.2 Å². The second kappa shape index (κ2) is 9.84. The lowest BCUT2D eigenvalue weighted by Crippen LogP contribution is -2.38. The third kappa shape index (κ3) is 5.39. The molecular formula is C17H28N6O2S. The number of hydrogen-bond acceptors (Lipinski definition) is 7. The highest BCUT2D eigenvalue weighted by atomic mass is 32.1. The van der Waals surface area contributed by atoms with Gasteiger partial charge in [0.1, 0.15) is 11.6 Å². The van der Waals surface area contributed by atoms with Crippen molar-refractivity contribution in [3.8, 4) is 0 Å². The molecule has 8 nitrogen and oxygen atoms in total. The number of piperidine rings is 1. The first-order chi connectivity index (χ1) is 12.8. The van der Waals surface area contributed by atoms with Crippen LogP contribution in [0.4, 0.5) is 17.6 Å². The first kappa shape index (κ1) is 19.1. The lowest BCUT2D eigenvalue weighted by Gasteiger charge is -2.31. The van der Waals surface area contributed by atoms with Crippen LogP contribution < -0.4 is 20.4 Å². The zero-order valence-electron chi connectivity index (χ0n) is 15.4. The van der Waals surface area contributed by atoms with Gasteiger partial charge >= 0.3 is 0 Å². The molecule has 2 fully saturated rings. The molecule has 1 aromatic rings. The molecule has 0 unspecified atom stereocenters. The molecular weight excluding hydrogens is 352 g/mol. The number of aromatic nitrogens is 2. The van der Waals surface area contributed by atoms with Crippen molar-refractivity contribution in [1.82, 2.24) is 15.3 Å². The van der Waals surface area contributed by atoms with Gasteiger partial charge in [-0.2, -0.15) is 9.97 Å². The Morgan fingerprint density at radius 1 is 1.12 bits per heavy atom. The number of anilines is 3. The molecule has 0 spiro atoms. The molecule has 3 rings (SSSR count). The van der Waals surface area contributed by atoms with Gasteiger partial charge in [-0.05, 0) is 31.5 Å². The summed E-state index contributed by atoms with van der Waals surface area (Å²) in [5.41, 5.74) is 0. The minimum absolute atomic E-state index is 0.505. The maximum Gasteiger partial charge on any atom is 0.232 e. The predicted octanol–water partition coefficient (Wildman–Crippen LogP) is 1.24. The number of thiocarbonyl (C=S) groups is 1. The van der Waals surface area contributed by atoms with Gasteiger partial charge in [-0.25, -0.2) is 0 Å². The summed E-state index contributed by atoms with van der Waals surface area (Å²) >= 11 is 5.34. The molecule has 26 heavy (non-hydrogen) atoms. The molecule has 0 bridgehead atoms. The van der Waals surface area contributed by atoms with Crippen molar-refractivity contribution in [1.29, 1.82) is 0 Å². The normalized spacial score (nSPS) is 17.9. The Morgan fingerprint density at radius 3 is 2.42 bits per heavy atom. The van der Waals surface area contributed by atoms with E-state index in [4.69, 9.17) is 26.7 Å². The fourth-order valence-corrected chi connectivity index (χ4v) is 3.32. The first-order valence-electron chi connectivity index (χ1n) is 9.27. The van der Waals surface area contributed by atoms with Crippen molar-refractivity contribution >= 4 is 34.9 Å². The SMILES string of the molecule is COCCNC(=S)Nc1nc(N2CCCCC2)cc(N2CCOCC2)n1. The minimum atomic E-state index is 0.505. The summed E-state index contributed by atoms with van der Waals surface area (Å²) in [5, 5.41) is 6.72. The van der Waals surface area contributed by atoms with E-state index in [2.05, 4.69) is 31.5 Å². The lowest BCUT2D eigenvalue weighted by molar-refractivity contribution is 0.122. The van der Waals surface area contributed by atoms with Crippen molar-refractivity contribution in [2.24, 2.45) is 0 Å². The maximum absolute atomic E-state index is 5.46. The highest BCUT2D eigenvalue weighted by Crippen LogP contribution is 2.24. The second-order valence-corrected chi connectivity index (χ2v) is 6.84. The van der Waals surface area contributed by atoms with Crippen LogP contribution in [0.3, 0.4) is 0 Å². The van der Waals surface area contributed by atoms with Gasteiger partial charge in [-0.1, -0.05) is 0 Å². The van der Waals surface area contributed by atoms with E-state index < -0.39 is 0 Å². The third-order valence-corrected chi connectivity index (χ3v) is 4.78. The van der Waals surface area contributed by atoms with Gasteiger partial charge in [-0.15, -0.1) is 0 Å². The zero-order chi connectivity index (χ0) is 18.2. The molecule has 0 atom stereocenters. The fourth-order valence-electron chi connectivity index (χ4n) is 3.13. The quantitative estimate of drug-likeness (QED) is 0.560. The minimum Gasteiger partial charge on any atom is -0.383 e. The summed E-state index contributed by atoms with van der Waals surface area (Å²) in [7, 11) is 1.66. The fraction of sp³-hybridized carbons (Fsp3) is 0.706. The molecule has 2 aliphatic heterocycles. The van der Waals surface area contributed by atoms with E-state index in [1.165, 1.54) is 19.3 Å². The number of nitrogens with zero attached hydrogens (tertiary/aromatic N) is 4. The van der Waals surface area contributed by atoms with E-state index in [9.17, 15) is 0 Å². The Kier molecular flexibility index (Phi) is 7.22. The van der Waals surface area contributed by atoms with Crippen LogP contribution in [0.15, 0.2) is 6.07 Å². The molecule has 1 aromatic heterocycles. The van der Waals surface area contributed by atoms with Gasteiger partial charge in [0.2, 0.25) is 5.95 Å². The monoisotopic (exact) mass is 380 g/mol. The molecule has 2 N–H and O–H groups in total. The Bertz CT molecular complexity index is 554. The van der Waals surface area contributed by atoms with Crippen LogP contribution in [-0.4, -0.2) is 74.7 Å². The molecule has 3 heterocycles. The van der Waals surface area contributed by atoms with Crippen LogP contribution in [0, 0.1) is 0 Å². The average Bonchev–Trinajstić information content (AvgIpc) is 2.69. The summed E-state index contributed by atoms with van der Waals surface area (Å²) < 4.78 is 10.5. The van der Waals surface area contributed by atoms with E-state index in [1.807, 2.05) is 0 Å². The van der Waals surface area contributed by atoms with Crippen molar-refractivity contribution < 1.29 is 9.47 Å². The smallest absolute Gasteiger partial charge is 0.232 e. The van der Waals surface area contributed by atoms with Gasteiger partial charge in [0, 0.05) is 45.9 Å². The topological polar surface area (TPSA) is 74.8 Å². The number of methoxy groups -OCH3 is 1. The van der Waals surface area contributed by atoms with E-state index in [0.717, 1.165) is 51.0 Å². The molecule has 144 valence electrons. The van der Waals surface area contributed by atoms with E-state index in [0.29, 0.717) is 24.2 Å².